The number of hydrogen-bond donors (Lipinski definition) is 1. The second kappa shape index (κ2) is 9.85. The minimum absolute atomic E-state index is 0. The van der Waals surface area contributed by atoms with Gasteiger partial charge in [-0.25, -0.2) is 4.68 Å². The Morgan fingerprint density at radius 2 is 1.85 bits per heavy atom. The first-order valence-corrected chi connectivity index (χ1v) is 9.62. The third kappa shape index (κ3) is 4.68. The molecule has 1 aromatic heterocycles. The molecule has 0 unspecified atom stereocenters. The molecule has 148 valence electrons. The van der Waals surface area contributed by atoms with Crippen molar-refractivity contribution in [1.82, 2.24) is 20.0 Å². The third-order valence-electron chi connectivity index (χ3n) is 5.23. The van der Waals surface area contributed by atoms with E-state index in [9.17, 15) is 9.59 Å². The summed E-state index contributed by atoms with van der Waals surface area (Å²) in [7, 11) is 1.96. The number of nitrogens with zero attached hydrogens (tertiary/aromatic N) is 3. The number of piperidine rings is 1. The number of hydrogen-bond acceptors (Lipinski definition) is 4. The molecule has 1 N–H and O–H groups in total. The number of carbonyl (C=O) groups excluding carboxylic acids is 1. The van der Waals surface area contributed by atoms with Crippen LogP contribution in [0.5, 0.6) is 0 Å². The zero-order valence-corrected chi connectivity index (χ0v) is 16.9. The number of fused-ring (bicyclic) bond motifs is 1. The van der Waals surface area contributed by atoms with Gasteiger partial charge in [0.2, 0.25) is 0 Å². The first-order chi connectivity index (χ1) is 12.7. The Morgan fingerprint density at radius 1 is 1.19 bits per heavy atom. The summed E-state index contributed by atoms with van der Waals surface area (Å²) in [5, 5.41) is 9.00. The van der Waals surface area contributed by atoms with E-state index in [2.05, 4.69) is 17.3 Å². The molecule has 27 heavy (non-hydrogen) atoms. The summed E-state index contributed by atoms with van der Waals surface area (Å²) in [6, 6.07) is 7.78. The topological polar surface area (TPSA) is 67.2 Å². The molecule has 1 aromatic carbocycles. The van der Waals surface area contributed by atoms with Gasteiger partial charge >= 0.3 is 0 Å². The van der Waals surface area contributed by atoms with Gasteiger partial charge in [0.15, 0.2) is 5.69 Å². The first-order valence-electron chi connectivity index (χ1n) is 9.62. The van der Waals surface area contributed by atoms with Gasteiger partial charge < -0.3 is 10.2 Å². The molecule has 0 radical (unpaired) electrons. The first kappa shape index (κ1) is 21.4. The fraction of sp³-hybridized carbons (Fsp3) is 0.550. The molecule has 2 aromatic rings. The van der Waals surface area contributed by atoms with Crippen molar-refractivity contribution < 1.29 is 4.79 Å². The van der Waals surface area contributed by atoms with Gasteiger partial charge in [-0.2, -0.15) is 5.10 Å². The van der Waals surface area contributed by atoms with E-state index in [1.165, 1.54) is 4.68 Å². The minimum atomic E-state index is -0.109. The van der Waals surface area contributed by atoms with E-state index < -0.39 is 0 Å². The summed E-state index contributed by atoms with van der Waals surface area (Å²) in [5.41, 5.74) is 0.293. The van der Waals surface area contributed by atoms with Crippen molar-refractivity contribution in [2.75, 3.05) is 20.1 Å². The summed E-state index contributed by atoms with van der Waals surface area (Å²) in [6.45, 7) is 4.12. The molecule has 3 rings (SSSR count). The number of unbranched alkanes of at least 4 members (excludes halogenated alkanes) is 2. The Morgan fingerprint density at radius 3 is 2.48 bits per heavy atom. The van der Waals surface area contributed by atoms with Gasteiger partial charge in [0.25, 0.3) is 11.5 Å². The lowest BCUT2D eigenvalue weighted by atomic mass is 10.0. The van der Waals surface area contributed by atoms with Crippen LogP contribution in [-0.2, 0) is 6.54 Å². The standard InChI is InChI=1S/C20H28N4O2.ClH/c1-3-4-7-12-24-19(25)17-9-6-5-8-16(17)18(22-24)20(26)23-13-10-15(21-2)11-14-23;/h5-6,8-9,15,21H,3-4,7,10-14H2,1-2H3;1H. The number of nitrogens with one attached hydrogen (secondary N) is 1. The lowest BCUT2D eigenvalue weighted by Crippen LogP contribution is -2.44. The number of carbonyl (C=O) groups is 1. The summed E-state index contributed by atoms with van der Waals surface area (Å²) in [4.78, 5) is 27.7. The van der Waals surface area contributed by atoms with Crippen molar-refractivity contribution in [3.8, 4) is 0 Å². The Balaban J connectivity index is 0.00000261. The second-order valence-corrected chi connectivity index (χ2v) is 6.98. The molecule has 2 heterocycles. The van der Waals surface area contributed by atoms with E-state index in [0.29, 0.717) is 29.1 Å². The SMILES string of the molecule is CCCCCn1nc(C(=O)N2CCC(NC)CC2)c2ccccc2c1=O.Cl. The van der Waals surface area contributed by atoms with Crippen LogP contribution >= 0.6 is 12.4 Å². The highest BCUT2D eigenvalue weighted by Crippen LogP contribution is 2.18. The highest BCUT2D eigenvalue weighted by Gasteiger charge is 2.26. The number of likely N-dealkylation sites (tertiary alicyclic amines) is 1. The fourth-order valence-corrected chi connectivity index (χ4v) is 3.58. The van der Waals surface area contributed by atoms with E-state index in [0.717, 1.165) is 45.2 Å². The van der Waals surface area contributed by atoms with Gasteiger partial charge in [0.1, 0.15) is 0 Å². The molecule has 0 spiro atoms. The van der Waals surface area contributed by atoms with Gasteiger partial charge in [-0.15, -0.1) is 12.4 Å². The maximum absolute atomic E-state index is 13.1. The van der Waals surface area contributed by atoms with Crippen LogP contribution in [0.2, 0.25) is 0 Å². The zero-order chi connectivity index (χ0) is 18.5. The molecule has 0 bridgehead atoms. The molecule has 0 saturated carbocycles. The second-order valence-electron chi connectivity index (χ2n) is 6.98. The molecular weight excluding hydrogens is 364 g/mol. The third-order valence-corrected chi connectivity index (χ3v) is 5.23. The Labute approximate surface area is 166 Å². The molecule has 7 heteroatoms. The van der Waals surface area contributed by atoms with Crippen molar-refractivity contribution in [3.05, 3.63) is 40.3 Å². The average Bonchev–Trinajstić information content (AvgIpc) is 2.69. The van der Waals surface area contributed by atoms with Crippen LogP contribution in [0, 0.1) is 0 Å². The number of rotatable bonds is 6. The van der Waals surface area contributed by atoms with Gasteiger partial charge in [0, 0.05) is 31.1 Å². The highest BCUT2D eigenvalue weighted by molar-refractivity contribution is 6.04. The largest absolute Gasteiger partial charge is 0.337 e. The van der Waals surface area contributed by atoms with Crippen molar-refractivity contribution in [2.24, 2.45) is 0 Å². The van der Waals surface area contributed by atoms with Crippen LogP contribution in [0.3, 0.4) is 0 Å². The van der Waals surface area contributed by atoms with Gasteiger partial charge in [-0.1, -0.05) is 38.0 Å². The molecule has 0 atom stereocenters. The minimum Gasteiger partial charge on any atom is -0.337 e. The maximum atomic E-state index is 13.1. The van der Waals surface area contributed by atoms with E-state index >= 15 is 0 Å². The van der Waals surface area contributed by atoms with Crippen LogP contribution in [-0.4, -0.2) is 46.8 Å². The quantitative estimate of drug-likeness (QED) is 0.767. The number of halogens is 1. The van der Waals surface area contributed by atoms with Crippen molar-refractivity contribution in [2.45, 2.75) is 51.6 Å². The lowest BCUT2D eigenvalue weighted by Gasteiger charge is -2.31. The van der Waals surface area contributed by atoms with Crippen LogP contribution in [0.25, 0.3) is 10.8 Å². The van der Waals surface area contributed by atoms with E-state index in [4.69, 9.17) is 0 Å². The monoisotopic (exact) mass is 392 g/mol. The molecular formula is C20H29ClN4O2. The van der Waals surface area contributed by atoms with Crippen molar-refractivity contribution in [1.29, 1.82) is 0 Å². The van der Waals surface area contributed by atoms with E-state index in [-0.39, 0.29) is 23.9 Å². The molecule has 6 nitrogen and oxygen atoms in total. The van der Waals surface area contributed by atoms with Crippen LogP contribution < -0.4 is 10.9 Å². The number of aromatic nitrogens is 2. The van der Waals surface area contributed by atoms with Crippen LogP contribution in [0.4, 0.5) is 0 Å². The van der Waals surface area contributed by atoms with Gasteiger partial charge in [-0.05, 0) is 32.4 Å². The van der Waals surface area contributed by atoms with Gasteiger partial charge in [0.05, 0.1) is 5.39 Å². The summed E-state index contributed by atoms with van der Waals surface area (Å²) >= 11 is 0. The Bertz CT molecular complexity index is 828. The van der Waals surface area contributed by atoms with Crippen molar-refractivity contribution in [3.63, 3.8) is 0 Å². The number of benzene rings is 1. The number of aryl methyl sites for hydroxylation is 1. The van der Waals surface area contributed by atoms with E-state index in [1.807, 2.05) is 30.1 Å². The fourth-order valence-electron chi connectivity index (χ4n) is 3.58. The normalized spacial score (nSPS) is 15.0. The summed E-state index contributed by atoms with van der Waals surface area (Å²) in [5.74, 6) is -0.0694. The molecule has 1 amide bonds. The molecule has 1 saturated heterocycles. The molecule has 1 aliphatic heterocycles. The summed E-state index contributed by atoms with van der Waals surface area (Å²) < 4.78 is 1.48. The van der Waals surface area contributed by atoms with E-state index in [1.54, 1.807) is 6.07 Å². The number of amides is 1. The summed E-state index contributed by atoms with van der Waals surface area (Å²) in [6.07, 6.45) is 4.89. The average molecular weight is 393 g/mol. The van der Waals surface area contributed by atoms with Crippen LogP contribution in [0.15, 0.2) is 29.1 Å². The predicted octanol–water partition coefficient (Wildman–Crippen LogP) is 2.83. The molecule has 1 fully saturated rings. The Kier molecular flexibility index (Phi) is 7.80. The zero-order valence-electron chi connectivity index (χ0n) is 16.1. The lowest BCUT2D eigenvalue weighted by molar-refractivity contribution is 0.0701. The van der Waals surface area contributed by atoms with Crippen molar-refractivity contribution >= 4 is 29.1 Å². The van der Waals surface area contributed by atoms with Crippen LogP contribution in [0.1, 0.15) is 49.5 Å². The van der Waals surface area contributed by atoms with Gasteiger partial charge in [-0.3, -0.25) is 9.59 Å². The maximum Gasteiger partial charge on any atom is 0.274 e. The smallest absolute Gasteiger partial charge is 0.274 e. The Hall–Kier alpha value is -1.92. The predicted molar refractivity (Wildman–Crippen MR) is 111 cm³/mol. The molecule has 0 aliphatic carbocycles. The highest BCUT2D eigenvalue weighted by atomic mass is 35.5. The molecule has 1 aliphatic rings.